The molecule has 14 heavy (non-hydrogen) atoms. The Labute approximate surface area is 84.8 Å². The van der Waals surface area contributed by atoms with E-state index in [1.54, 1.807) is 0 Å². The summed E-state index contributed by atoms with van der Waals surface area (Å²) in [6.45, 7) is 7.55. The van der Waals surface area contributed by atoms with Crippen molar-refractivity contribution in [2.45, 2.75) is 33.4 Å². The molecule has 80 valence electrons. The molecule has 0 fully saturated rings. The number of aromatic nitrogens is 1. The summed E-state index contributed by atoms with van der Waals surface area (Å²) in [6.07, 6.45) is 0. The number of nitrogens with one attached hydrogen (secondary N) is 1. The highest BCUT2D eigenvalue weighted by Crippen LogP contribution is 2.04. The van der Waals surface area contributed by atoms with E-state index in [1.807, 2.05) is 13.0 Å². The maximum absolute atomic E-state index is 5.63. The van der Waals surface area contributed by atoms with Crippen molar-refractivity contribution < 1.29 is 4.52 Å². The maximum Gasteiger partial charge on any atom is 0.150 e. The molecule has 1 heterocycles. The van der Waals surface area contributed by atoms with Crippen molar-refractivity contribution >= 4 is 0 Å². The molecule has 3 N–H and O–H groups in total. The van der Waals surface area contributed by atoms with Gasteiger partial charge in [-0.15, -0.1) is 0 Å². The van der Waals surface area contributed by atoms with Crippen LogP contribution in [0.2, 0.25) is 0 Å². The van der Waals surface area contributed by atoms with Crippen LogP contribution in [0.3, 0.4) is 0 Å². The molecule has 1 aromatic rings. The molecule has 0 amide bonds. The van der Waals surface area contributed by atoms with Gasteiger partial charge in [0.1, 0.15) is 0 Å². The SMILES string of the molecule is Cc1cc(CNC(CN)C(C)C)on1. The third kappa shape index (κ3) is 3.12. The van der Waals surface area contributed by atoms with Gasteiger partial charge in [0.15, 0.2) is 5.76 Å². The van der Waals surface area contributed by atoms with Gasteiger partial charge >= 0.3 is 0 Å². The van der Waals surface area contributed by atoms with E-state index in [4.69, 9.17) is 10.3 Å². The van der Waals surface area contributed by atoms with E-state index in [-0.39, 0.29) is 0 Å². The van der Waals surface area contributed by atoms with Gasteiger partial charge in [0.25, 0.3) is 0 Å². The summed E-state index contributed by atoms with van der Waals surface area (Å²) in [6, 6.07) is 2.27. The molecule has 0 bridgehead atoms. The molecule has 4 nitrogen and oxygen atoms in total. The Kier molecular flexibility index (Phi) is 4.10. The van der Waals surface area contributed by atoms with Crippen LogP contribution in [-0.2, 0) is 6.54 Å². The summed E-state index contributed by atoms with van der Waals surface area (Å²) in [5.74, 6) is 1.39. The zero-order chi connectivity index (χ0) is 10.6. The van der Waals surface area contributed by atoms with Crippen molar-refractivity contribution in [1.82, 2.24) is 10.5 Å². The third-order valence-electron chi connectivity index (χ3n) is 2.27. The largest absolute Gasteiger partial charge is 0.360 e. The third-order valence-corrected chi connectivity index (χ3v) is 2.27. The van der Waals surface area contributed by atoms with E-state index in [0.717, 1.165) is 11.5 Å². The van der Waals surface area contributed by atoms with E-state index < -0.39 is 0 Å². The number of nitrogens with zero attached hydrogens (tertiary/aromatic N) is 1. The standard InChI is InChI=1S/C10H19N3O/c1-7(2)10(5-11)12-6-9-4-8(3)13-14-9/h4,7,10,12H,5-6,11H2,1-3H3. The van der Waals surface area contributed by atoms with Gasteiger partial charge in [0, 0.05) is 18.7 Å². The van der Waals surface area contributed by atoms with E-state index in [1.165, 1.54) is 0 Å². The van der Waals surface area contributed by atoms with E-state index in [9.17, 15) is 0 Å². The molecule has 4 heteroatoms. The summed E-state index contributed by atoms with van der Waals surface area (Å²) in [4.78, 5) is 0. The fourth-order valence-corrected chi connectivity index (χ4v) is 1.32. The summed E-state index contributed by atoms with van der Waals surface area (Å²) in [7, 11) is 0. The van der Waals surface area contributed by atoms with Gasteiger partial charge < -0.3 is 15.6 Å². The Bertz CT molecular complexity index is 270. The minimum absolute atomic E-state index is 0.334. The van der Waals surface area contributed by atoms with Gasteiger partial charge in [-0.2, -0.15) is 0 Å². The van der Waals surface area contributed by atoms with Crippen LogP contribution in [0.1, 0.15) is 25.3 Å². The van der Waals surface area contributed by atoms with Crippen LogP contribution in [-0.4, -0.2) is 17.7 Å². The van der Waals surface area contributed by atoms with Crippen molar-refractivity contribution in [3.8, 4) is 0 Å². The first-order valence-corrected chi connectivity index (χ1v) is 4.99. The molecule has 1 atom stereocenters. The monoisotopic (exact) mass is 197 g/mol. The lowest BCUT2D eigenvalue weighted by molar-refractivity contribution is 0.340. The summed E-state index contributed by atoms with van der Waals surface area (Å²) >= 11 is 0. The van der Waals surface area contributed by atoms with E-state index in [2.05, 4.69) is 24.3 Å². The number of rotatable bonds is 5. The van der Waals surface area contributed by atoms with Gasteiger partial charge in [-0.25, -0.2) is 0 Å². The lowest BCUT2D eigenvalue weighted by Gasteiger charge is -2.19. The minimum atomic E-state index is 0.334. The Morgan fingerprint density at radius 1 is 1.57 bits per heavy atom. The summed E-state index contributed by atoms with van der Waals surface area (Å²) in [5.41, 5.74) is 6.55. The Morgan fingerprint density at radius 2 is 2.29 bits per heavy atom. The average Bonchev–Trinajstić information content (AvgIpc) is 2.52. The second-order valence-electron chi connectivity index (χ2n) is 3.90. The molecule has 1 unspecified atom stereocenters. The van der Waals surface area contributed by atoms with Crippen LogP contribution >= 0.6 is 0 Å². The molecule has 0 aliphatic heterocycles. The molecule has 0 aliphatic rings. The van der Waals surface area contributed by atoms with Crippen molar-refractivity contribution in [1.29, 1.82) is 0 Å². The lowest BCUT2D eigenvalue weighted by atomic mass is 10.0. The molecular formula is C10H19N3O. The smallest absolute Gasteiger partial charge is 0.150 e. The predicted octanol–water partition coefficient (Wildman–Crippen LogP) is 1.06. The summed E-state index contributed by atoms with van der Waals surface area (Å²) in [5, 5.41) is 7.16. The number of nitrogens with two attached hydrogens (primary N) is 1. The first-order chi connectivity index (χ1) is 6.63. The number of hydrogen-bond acceptors (Lipinski definition) is 4. The van der Waals surface area contributed by atoms with Crippen LogP contribution in [0.15, 0.2) is 10.6 Å². The van der Waals surface area contributed by atoms with Gasteiger partial charge in [0.05, 0.1) is 12.2 Å². The highest BCUT2D eigenvalue weighted by molar-refractivity contribution is 5.02. The molecule has 1 rings (SSSR count). The zero-order valence-electron chi connectivity index (χ0n) is 9.08. The average molecular weight is 197 g/mol. The molecule has 1 aromatic heterocycles. The first-order valence-electron chi connectivity index (χ1n) is 4.99. The summed E-state index contributed by atoms with van der Waals surface area (Å²) < 4.78 is 5.09. The van der Waals surface area contributed by atoms with Crippen LogP contribution in [0.5, 0.6) is 0 Å². The normalized spacial score (nSPS) is 13.5. The second-order valence-corrected chi connectivity index (χ2v) is 3.90. The molecule has 0 spiro atoms. The van der Waals surface area contributed by atoms with Crippen LogP contribution in [0, 0.1) is 12.8 Å². The quantitative estimate of drug-likeness (QED) is 0.740. The molecule has 0 aliphatic carbocycles. The fourth-order valence-electron chi connectivity index (χ4n) is 1.32. The van der Waals surface area contributed by atoms with E-state index >= 15 is 0 Å². The minimum Gasteiger partial charge on any atom is -0.360 e. The Hall–Kier alpha value is -0.870. The Balaban J connectivity index is 2.39. The van der Waals surface area contributed by atoms with Crippen molar-refractivity contribution in [2.24, 2.45) is 11.7 Å². The van der Waals surface area contributed by atoms with E-state index in [0.29, 0.717) is 25.0 Å². The van der Waals surface area contributed by atoms with Crippen LogP contribution < -0.4 is 11.1 Å². The fraction of sp³-hybridized carbons (Fsp3) is 0.700. The zero-order valence-corrected chi connectivity index (χ0v) is 9.08. The second kappa shape index (κ2) is 5.12. The van der Waals surface area contributed by atoms with Crippen LogP contribution in [0.25, 0.3) is 0 Å². The molecular weight excluding hydrogens is 178 g/mol. The Morgan fingerprint density at radius 3 is 2.71 bits per heavy atom. The highest BCUT2D eigenvalue weighted by Gasteiger charge is 2.11. The predicted molar refractivity (Wildman–Crippen MR) is 55.8 cm³/mol. The first kappa shape index (κ1) is 11.2. The van der Waals surface area contributed by atoms with Crippen molar-refractivity contribution in [3.63, 3.8) is 0 Å². The maximum atomic E-state index is 5.63. The van der Waals surface area contributed by atoms with Gasteiger partial charge in [-0.05, 0) is 12.8 Å². The van der Waals surface area contributed by atoms with Crippen molar-refractivity contribution in [3.05, 3.63) is 17.5 Å². The lowest BCUT2D eigenvalue weighted by Crippen LogP contribution is -2.39. The number of aryl methyl sites for hydroxylation is 1. The molecule has 0 aromatic carbocycles. The van der Waals surface area contributed by atoms with Gasteiger partial charge in [-0.3, -0.25) is 0 Å². The molecule has 0 saturated heterocycles. The molecule has 0 radical (unpaired) electrons. The van der Waals surface area contributed by atoms with Crippen molar-refractivity contribution in [2.75, 3.05) is 6.54 Å². The topological polar surface area (TPSA) is 64.1 Å². The van der Waals surface area contributed by atoms with Gasteiger partial charge in [-0.1, -0.05) is 19.0 Å². The highest BCUT2D eigenvalue weighted by atomic mass is 16.5. The van der Waals surface area contributed by atoms with Gasteiger partial charge in [0.2, 0.25) is 0 Å². The number of hydrogen-bond donors (Lipinski definition) is 2. The van der Waals surface area contributed by atoms with Crippen LogP contribution in [0.4, 0.5) is 0 Å². The molecule has 0 saturated carbocycles.